The van der Waals surface area contributed by atoms with Gasteiger partial charge in [0.2, 0.25) is 0 Å². The van der Waals surface area contributed by atoms with Gasteiger partial charge in [-0.05, 0) is 49.2 Å². The number of pyridine rings is 1. The molecule has 6 heteroatoms. The number of benzene rings is 2. The Labute approximate surface area is 192 Å². The van der Waals surface area contributed by atoms with Gasteiger partial charge in [-0.25, -0.2) is 4.98 Å². The molecular formula is C25H28BrN3O2. The van der Waals surface area contributed by atoms with Crippen molar-refractivity contribution in [1.29, 1.82) is 0 Å². The van der Waals surface area contributed by atoms with Crippen molar-refractivity contribution in [2.45, 2.75) is 33.4 Å². The highest BCUT2D eigenvalue weighted by atomic mass is 79.9. The van der Waals surface area contributed by atoms with Crippen LogP contribution < -0.4 is 15.0 Å². The Morgan fingerprint density at radius 2 is 1.90 bits per heavy atom. The second-order valence-electron chi connectivity index (χ2n) is 7.20. The number of nitrogens with one attached hydrogen (secondary N) is 1. The molecule has 3 rings (SSSR count). The van der Waals surface area contributed by atoms with E-state index in [-0.39, 0.29) is 5.91 Å². The molecule has 1 heterocycles. The lowest BCUT2D eigenvalue weighted by Gasteiger charge is -2.24. The van der Waals surface area contributed by atoms with Crippen molar-refractivity contribution < 1.29 is 9.53 Å². The molecule has 5 nitrogen and oxygen atoms in total. The minimum atomic E-state index is -0.0902. The molecule has 1 amide bonds. The maximum atomic E-state index is 12.1. The summed E-state index contributed by atoms with van der Waals surface area (Å²) < 4.78 is 7.13. The molecular weight excluding hydrogens is 454 g/mol. The fourth-order valence-corrected chi connectivity index (χ4v) is 3.56. The van der Waals surface area contributed by atoms with E-state index in [0.717, 1.165) is 40.1 Å². The van der Waals surface area contributed by atoms with Crippen LogP contribution >= 0.6 is 15.9 Å². The van der Waals surface area contributed by atoms with E-state index in [1.54, 1.807) is 6.20 Å². The molecule has 1 N–H and O–H groups in total. The van der Waals surface area contributed by atoms with Crippen LogP contribution in [0.3, 0.4) is 0 Å². The molecule has 1 aromatic heterocycles. The number of aromatic nitrogens is 1. The van der Waals surface area contributed by atoms with Gasteiger partial charge in [-0.3, -0.25) is 4.79 Å². The third-order valence-electron chi connectivity index (χ3n) is 4.87. The van der Waals surface area contributed by atoms with E-state index in [4.69, 9.17) is 4.74 Å². The third-order valence-corrected chi connectivity index (χ3v) is 5.37. The zero-order valence-corrected chi connectivity index (χ0v) is 19.6. The van der Waals surface area contributed by atoms with Gasteiger partial charge in [-0.2, -0.15) is 0 Å². The monoisotopic (exact) mass is 481 g/mol. The lowest BCUT2D eigenvalue weighted by Crippen LogP contribution is -2.25. The molecule has 0 atom stereocenters. The molecule has 0 radical (unpaired) electrons. The topological polar surface area (TPSA) is 54.5 Å². The number of halogens is 1. The molecule has 0 fully saturated rings. The second-order valence-corrected chi connectivity index (χ2v) is 8.12. The average Bonchev–Trinajstić information content (AvgIpc) is 2.81. The van der Waals surface area contributed by atoms with Gasteiger partial charge in [0.15, 0.2) is 0 Å². The Morgan fingerprint density at radius 1 is 1.10 bits per heavy atom. The fraction of sp³-hybridized carbons (Fsp3) is 0.280. The number of nitrogens with zero attached hydrogens (tertiary/aromatic N) is 2. The highest BCUT2D eigenvalue weighted by molar-refractivity contribution is 9.10. The molecule has 2 aromatic carbocycles. The molecule has 0 saturated heterocycles. The van der Waals surface area contributed by atoms with E-state index >= 15 is 0 Å². The van der Waals surface area contributed by atoms with Crippen LogP contribution in [0.1, 0.15) is 41.8 Å². The van der Waals surface area contributed by atoms with Gasteiger partial charge >= 0.3 is 0 Å². The quantitative estimate of drug-likeness (QED) is 0.410. The van der Waals surface area contributed by atoms with Crippen molar-refractivity contribution in [1.82, 2.24) is 10.3 Å². The van der Waals surface area contributed by atoms with Crippen LogP contribution in [0.4, 0.5) is 5.82 Å². The molecule has 0 aliphatic carbocycles. The average molecular weight is 482 g/mol. The summed E-state index contributed by atoms with van der Waals surface area (Å²) >= 11 is 3.57. The number of amides is 1. The van der Waals surface area contributed by atoms with Crippen LogP contribution in [0.15, 0.2) is 71.3 Å². The Kier molecular flexibility index (Phi) is 8.47. The van der Waals surface area contributed by atoms with E-state index in [1.807, 2.05) is 49.4 Å². The van der Waals surface area contributed by atoms with Gasteiger partial charge in [-0.15, -0.1) is 0 Å². The number of carbonyl (C=O) groups excluding carboxylic acids is 1. The minimum absolute atomic E-state index is 0.0902. The Bertz CT molecular complexity index is 978. The molecule has 0 aliphatic heterocycles. The van der Waals surface area contributed by atoms with Gasteiger partial charge in [0.1, 0.15) is 18.2 Å². The van der Waals surface area contributed by atoms with E-state index in [2.05, 4.69) is 56.3 Å². The summed E-state index contributed by atoms with van der Waals surface area (Å²) in [5.41, 5.74) is 2.77. The Balaban J connectivity index is 1.73. The summed E-state index contributed by atoms with van der Waals surface area (Å²) in [5.74, 6) is 1.58. The maximum absolute atomic E-state index is 12.1. The van der Waals surface area contributed by atoms with E-state index in [1.165, 1.54) is 0 Å². The van der Waals surface area contributed by atoms with Gasteiger partial charge in [0.25, 0.3) is 5.91 Å². The minimum Gasteiger partial charge on any atom is -0.489 e. The van der Waals surface area contributed by atoms with Gasteiger partial charge in [0, 0.05) is 35.9 Å². The predicted octanol–water partition coefficient (Wildman–Crippen LogP) is 5.59. The zero-order valence-electron chi connectivity index (χ0n) is 18.0. The number of carbonyl (C=O) groups is 1. The lowest BCUT2D eigenvalue weighted by atomic mass is 10.1. The van der Waals surface area contributed by atoms with Crippen molar-refractivity contribution in [2.24, 2.45) is 0 Å². The smallest absolute Gasteiger partial charge is 0.252 e. The van der Waals surface area contributed by atoms with Crippen molar-refractivity contribution in [3.05, 3.63) is 88.0 Å². The van der Waals surface area contributed by atoms with Crippen LogP contribution in [-0.4, -0.2) is 24.0 Å². The molecule has 0 unspecified atom stereocenters. The number of ether oxygens (including phenoxy) is 1. The van der Waals surface area contributed by atoms with Gasteiger partial charge in [-0.1, -0.05) is 53.2 Å². The number of rotatable bonds is 10. The highest BCUT2D eigenvalue weighted by Crippen LogP contribution is 2.27. The van der Waals surface area contributed by atoms with Crippen LogP contribution in [0, 0.1) is 0 Å². The number of hydrogen-bond acceptors (Lipinski definition) is 4. The Hall–Kier alpha value is -2.86. The number of anilines is 1. The summed E-state index contributed by atoms with van der Waals surface area (Å²) in [7, 11) is 0. The van der Waals surface area contributed by atoms with E-state index < -0.39 is 0 Å². The molecule has 0 aliphatic rings. The Morgan fingerprint density at radius 3 is 2.58 bits per heavy atom. The van der Waals surface area contributed by atoms with Gasteiger partial charge < -0.3 is 15.0 Å². The molecule has 0 bridgehead atoms. The molecule has 0 saturated carbocycles. The summed E-state index contributed by atoms with van der Waals surface area (Å²) in [6.07, 6.45) is 2.54. The zero-order chi connectivity index (χ0) is 22.1. The first-order chi connectivity index (χ1) is 15.1. The first-order valence-electron chi connectivity index (χ1n) is 10.5. The summed E-state index contributed by atoms with van der Waals surface area (Å²) in [4.78, 5) is 18.8. The van der Waals surface area contributed by atoms with Crippen LogP contribution in [0.5, 0.6) is 5.75 Å². The first kappa shape index (κ1) is 22.8. The lowest BCUT2D eigenvalue weighted by molar-refractivity contribution is 0.0953. The maximum Gasteiger partial charge on any atom is 0.252 e. The second kappa shape index (κ2) is 11.5. The standard InChI is InChI=1S/C25H28BrN3O2/c1-3-14-27-25(30)20-10-13-24(28-16-20)29(4-2)17-21-15-22(26)11-12-23(21)31-18-19-8-6-5-7-9-19/h5-13,15-16H,3-4,14,17-18H2,1-2H3,(H,27,30). The van der Waals surface area contributed by atoms with Crippen molar-refractivity contribution >= 4 is 27.7 Å². The summed E-state index contributed by atoms with van der Waals surface area (Å²) in [6, 6.07) is 19.9. The largest absolute Gasteiger partial charge is 0.489 e. The summed E-state index contributed by atoms with van der Waals surface area (Å²) in [5, 5.41) is 2.88. The normalized spacial score (nSPS) is 10.5. The predicted molar refractivity (Wildman–Crippen MR) is 129 cm³/mol. The van der Waals surface area contributed by atoms with Gasteiger partial charge in [0.05, 0.1) is 5.56 Å². The molecule has 3 aromatic rings. The van der Waals surface area contributed by atoms with Crippen molar-refractivity contribution in [3.8, 4) is 5.75 Å². The van der Waals surface area contributed by atoms with Crippen molar-refractivity contribution in [2.75, 3.05) is 18.0 Å². The van der Waals surface area contributed by atoms with Crippen molar-refractivity contribution in [3.63, 3.8) is 0 Å². The molecule has 0 spiro atoms. The fourth-order valence-electron chi connectivity index (χ4n) is 3.16. The molecule has 31 heavy (non-hydrogen) atoms. The SMILES string of the molecule is CCCNC(=O)c1ccc(N(CC)Cc2cc(Br)ccc2OCc2ccccc2)nc1. The first-order valence-corrected chi connectivity index (χ1v) is 11.3. The highest BCUT2D eigenvalue weighted by Gasteiger charge is 2.13. The molecule has 162 valence electrons. The van der Waals surface area contributed by atoms with E-state index in [9.17, 15) is 4.79 Å². The van der Waals surface area contributed by atoms with Crippen LogP contribution in [0.25, 0.3) is 0 Å². The number of hydrogen-bond donors (Lipinski definition) is 1. The van der Waals surface area contributed by atoms with Crippen LogP contribution in [0.2, 0.25) is 0 Å². The summed E-state index contributed by atoms with van der Waals surface area (Å²) in [6.45, 7) is 6.72. The van der Waals surface area contributed by atoms with Crippen LogP contribution in [-0.2, 0) is 13.2 Å². The third kappa shape index (κ3) is 6.56. The van der Waals surface area contributed by atoms with E-state index in [0.29, 0.717) is 25.3 Å².